The lowest BCUT2D eigenvalue weighted by Crippen LogP contribution is -1.93. The number of rotatable bonds is 14. The van der Waals surface area contributed by atoms with Crippen molar-refractivity contribution in [3.63, 3.8) is 0 Å². The zero-order valence-electron chi connectivity index (χ0n) is 13.7. The minimum Gasteiger partial charge on any atom is -0.481 e. The van der Waals surface area contributed by atoms with E-state index in [1.807, 2.05) is 0 Å². The van der Waals surface area contributed by atoms with Gasteiger partial charge in [-0.25, -0.2) is 0 Å². The smallest absolute Gasteiger partial charge is 0.303 e. The Kier molecular flexibility index (Phi) is 29.1. The monoisotopic (exact) mass is 300 g/mol. The second-order valence-corrected chi connectivity index (χ2v) is 5.39. The van der Waals surface area contributed by atoms with E-state index in [0.717, 1.165) is 12.8 Å². The molecule has 0 aliphatic heterocycles. The summed E-state index contributed by atoms with van der Waals surface area (Å²) in [6.07, 6.45) is 17.3. The lowest BCUT2D eigenvalue weighted by atomic mass is 10.0. The van der Waals surface area contributed by atoms with Gasteiger partial charge in [0.25, 0.3) is 0 Å². The second-order valence-electron chi connectivity index (χ2n) is 5.39. The summed E-state index contributed by atoms with van der Waals surface area (Å²) < 4.78 is 0. The second kappa shape index (κ2) is 24.2. The number of carboxylic acid groups (broad SMARTS) is 1. The van der Waals surface area contributed by atoms with Gasteiger partial charge in [0, 0.05) is 6.42 Å². The quantitative estimate of drug-likeness (QED) is 0.277. The van der Waals surface area contributed by atoms with E-state index in [1.54, 1.807) is 0 Å². The average Bonchev–Trinajstić information content (AvgIpc) is 2.46. The maximum atomic E-state index is 10.3. The van der Waals surface area contributed by atoms with Crippen molar-refractivity contribution in [1.29, 1.82) is 0 Å². The molecule has 0 fully saturated rings. The molecular formula is C19H40O2. The number of carbonyl (C=O) groups is 1. The van der Waals surface area contributed by atoms with E-state index in [9.17, 15) is 4.79 Å². The molecule has 1 N–H and O–H groups in total. The maximum absolute atomic E-state index is 10.3. The topological polar surface area (TPSA) is 37.3 Å². The van der Waals surface area contributed by atoms with Crippen LogP contribution in [0.25, 0.3) is 0 Å². The van der Waals surface area contributed by atoms with E-state index in [-0.39, 0.29) is 7.43 Å². The Labute approximate surface area is 134 Å². The predicted octanol–water partition coefficient (Wildman–Crippen LogP) is 6.99. The molecule has 0 atom stereocenters. The van der Waals surface area contributed by atoms with Crippen LogP contribution in [0.15, 0.2) is 13.2 Å². The van der Waals surface area contributed by atoms with Gasteiger partial charge >= 0.3 is 5.97 Å². The van der Waals surface area contributed by atoms with Crippen LogP contribution in [0.2, 0.25) is 0 Å². The molecule has 0 spiro atoms. The van der Waals surface area contributed by atoms with Gasteiger partial charge in [-0.05, 0) is 6.42 Å². The molecular weight excluding hydrogens is 260 g/mol. The molecule has 2 nitrogen and oxygen atoms in total. The Morgan fingerprint density at radius 1 is 0.714 bits per heavy atom. The molecule has 21 heavy (non-hydrogen) atoms. The summed E-state index contributed by atoms with van der Waals surface area (Å²) in [5, 5.41) is 8.49. The summed E-state index contributed by atoms with van der Waals surface area (Å²) in [6.45, 7) is 8.26. The summed E-state index contributed by atoms with van der Waals surface area (Å²) in [7, 11) is 0. The van der Waals surface area contributed by atoms with Gasteiger partial charge in [0.2, 0.25) is 0 Å². The molecule has 0 saturated heterocycles. The third-order valence-corrected chi connectivity index (χ3v) is 3.49. The zero-order chi connectivity index (χ0) is 15.5. The minimum atomic E-state index is -0.655. The van der Waals surface area contributed by atoms with Gasteiger partial charge in [0.1, 0.15) is 0 Å². The molecule has 128 valence electrons. The fourth-order valence-electron chi connectivity index (χ4n) is 2.29. The molecule has 2 heteroatoms. The van der Waals surface area contributed by atoms with Gasteiger partial charge in [-0.15, -0.1) is 13.2 Å². The number of hydrogen-bond donors (Lipinski definition) is 1. The van der Waals surface area contributed by atoms with Crippen LogP contribution in [0.4, 0.5) is 0 Å². The van der Waals surface area contributed by atoms with Crippen molar-refractivity contribution in [2.45, 2.75) is 104 Å². The van der Waals surface area contributed by atoms with Gasteiger partial charge in [0.15, 0.2) is 0 Å². The largest absolute Gasteiger partial charge is 0.481 e. The molecule has 0 radical (unpaired) electrons. The third-order valence-electron chi connectivity index (χ3n) is 3.49. The van der Waals surface area contributed by atoms with Crippen LogP contribution < -0.4 is 0 Å². The summed E-state index contributed by atoms with van der Waals surface area (Å²) in [6, 6.07) is 0. The average molecular weight is 301 g/mol. The van der Waals surface area contributed by atoms with Crippen molar-refractivity contribution >= 4 is 5.97 Å². The number of hydrogen-bond acceptors (Lipinski definition) is 1. The van der Waals surface area contributed by atoms with Gasteiger partial charge in [-0.3, -0.25) is 4.79 Å². The van der Waals surface area contributed by atoms with Crippen molar-refractivity contribution < 1.29 is 9.90 Å². The Balaban J connectivity index is -0.00000103. The highest BCUT2D eigenvalue weighted by molar-refractivity contribution is 5.66. The lowest BCUT2D eigenvalue weighted by Gasteiger charge is -2.02. The van der Waals surface area contributed by atoms with Gasteiger partial charge in [-0.1, -0.05) is 91.4 Å². The van der Waals surface area contributed by atoms with E-state index in [4.69, 9.17) is 5.11 Å². The lowest BCUT2D eigenvalue weighted by molar-refractivity contribution is -0.137. The first-order chi connectivity index (χ1) is 9.77. The molecule has 0 bridgehead atoms. The number of unbranched alkanes of at least 4 members (excludes halogenated alkanes) is 12. The van der Waals surface area contributed by atoms with Crippen molar-refractivity contribution in [3.05, 3.63) is 13.2 Å². The van der Waals surface area contributed by atoms with Gasteiger partial charge in [-0.2, -0.15) is 0 Å². The molecule has 0 aromatic heterocycles. The number of carboxylic acids is 1. The summed E-state index contributed by atoms with van der Waals surface area (Å²) in [5.41, 5.74) is 0. The Bertz CT molecular complexity index is 190. The standard InChI is InChI=1S/C16H32O2.C2H4.CH4/c1-2-3-4-5-6-7-8-9-10-11-12-13-14-15-16(17)18;1-2;/h2-15H2,1H3,(H,17,18);1-2H2;1H4. The molecule has 0 rings (SSSR count). The molecule has 0 aliphatic rings. The number of aliphatic carboxylic acids is 1. The van der Waals surface area contributed by atoms with E-state index >= 15 is 0 Å². The van der Waals surface area contributed by atoms with Crippen LogP contribution in [0, 0.1) is 0 Å². The first-order valence-electron chi connectivity index (χ1n) is 8.49. The fraction of sp³-hybridized carbons (Fsp3) is 0.842. The molecule has 0 amide bonds. The van der Waals surface area contributed by atoms with Crippen LogP contribution in [-0.2, 0) is 4.79 Å². The minimum absolute atomic E-state index is 0. The SMILES string of the molecule is C.C=C.CCCCCCCCCCCCCCCC(=O)O. The molecule has 0 aliphatic carbocycles. The van der Waals surface area contributed by atoms with Crippen LogP contribution in [0.1, 0.15) is 104 Å². The maximum Gasteiger partial charge on any atom is 0.303 e. The van der Waals surface area contributed by atoms with Crippen LogP contribution in [0.3, 0.4) is 0 Å². The highest BCUT2D eigenvalue weighted by atomic mass is 16.4. The predicted molar refractivity (Wildman–Crippen MR) is 95.9 cm³/mol. The van der Waals surface area contributed by atoms with Crippen LogP contribution in [0.5, 0.6) is 0 Å². The Hall–Kier alpha value is -0.790. The zero-order valence-corrected chi connectivity index (χ0v) is 13.7. The van der Waals surface area contributed by atoms with E-state index in [1.165, 1.54) is 70.6 Å². The van der Waals surface area contributed by atoms with Gasteiger partial charge < -0.3 is 5.11 Å². The van der Waals surface area contributed by atoms with Crippen LogP contribution in [-0.4, -0.2) is 11.1 Å². The Morgan fingerprint density at radius 3 is 1.29 bits per heavy atom. The third kappa shape index (κ3) is 28.2. The summed E-state index contributed by atoms with van der Waals surface area (Å²) in [5.74, 6) is -0.655. The molecule has 0 saturated carbocycles. The van der Waals surface area contributed by atoms with Crippen molar-refractivity contribution in [1.82, 2.24) is 0 Å². The van der Waals surface area contributed by atoms with E-state index in [0.29, 0.717) is 6.42 Å². The molecule has 0 aromatic rings. The Morgan fingerprint density at radius 2 is 1.00 bits per heavy atom. The van der Waals surface area contributed by atoms with Crippen molar-refractivity contribution in [3.8, 4) is 0 Å². The molecule has 0 heterocycles. The van der Waals surface area contributed by atoms with Gasteiger partial charge in [0.05, 0.1) is 0 Å². The van der Waals surface area contributed by atoms with E-state index in [2.05, 4.69) is 20.1 Å². The fourth-order valence-corrected chi connectivity index (χ4v) is 2.29. The summed E-state index contributed by atoms with van der Waals surface area (Å²) in [4.78, 5) is 10.3. The van der Waals surface area contributed by atoms with Crippen molar-refractivity contribution in [2.24, 2.45) is 0 Å². The van der Waals surface area contributed by atoms with E-state index < -0.39 is 5.97 Å². The molecule has 0 unspecified atom stereocenters. The normalized spacial score (nSPS) is 9.38. The first-order valence-corrected chi connectivity index (χ1v) is 8.49. The summed E-state index contributed by atoms with van der Waals surface area (Å²) >= 11 is 0. The van der Waals surface area contributed by atoms with Crippen LogP contribution >= 0.6 is 0 Å². The highest BCUT2D eigenvalue weighted by Gasteiger charge is 1.96. The molecule has 0 aromatic carbocycles. The highest BCUT2D eigenvalue weighted by Crippen LogP contribution is 2.12. The van der Waals surface area contributed by atoms with Crippen molar-refractivity contribution in [2.75, 3.05) is 0 Å². The first kappa shape index (κ1) is 25.2.